The van der Waals surface area contributed by atoms with Crippen LogP contribution in [0.25, 0.3) is 0 Å². The molecular formula is C21H29NO6. The summed E-state index contributed by atoms with van der Waals surface area (Å²) in [4.78, 5) is 36.5. The lowest BCUT2D eigenvalue weighted by molar-refractivity contribution is -0.155. The molecule has 1 fully saturated rings. The molecule has 7 heteroatoms. The second-order valence-electron chi connectivity index (χ2n) is 7.33. The fraction of sp³-hybridized carbons (Fsp3) is 0.571. The van der Waals surface area contributed by atoms with Gasteiger partial charge in [-0.1, -0.05) is 31.4 Å². The fourth-order valence-electron chi connectivity index (χ4n) is 3.40. The van der Waals surface area contributed by atoms with E-state index in [1.807, 2.05) is 19.9 Å². The third-order valence-electron chi connectivity index (χ3n) is 4.64. The zero-order valence-electron chi connectivity index (χ0n) is 16.8. The maximum absolute atomic E-state index is 12.3. The molecule has 0 aliphatic heterocycles. The maximum Gasteiger partial charge on any atom is 0.331 e. The smallest absolute Gasteiger partial charge is 0.331 e. The Kier molecular flexibility index (Phi) is 7.84. The monoisotopic (exact) mass is 391 g/mol. The van der Waals surface area contributed by atoms with Crippen LogP contribution >= 0.6 is 0 Å². The zero-order chi connectivity index (χ0) is 20.6. The number of ether oxygens (including phenoxy) is 3. The number of rotatable bonds is 8. The second-order valence-corrected chi connectivity index (χ2v) is 7.33. The molecule has 0 radical (unpaired) electrons. The van der Waals surface area contributed by atoms with Crippen LogP contribution in [-0.4, -0.2) is 43.2 Å². The molecular weight excluding hydrogens is 362 g/mol. The minimum Gasteiger partial charge on any atom is -0.491 e. The predicted octanol–water partition coefficient (Wildman–Crippen LogP) is 2.55. The lowest BCUT2D eigenvalue weighted by Gasteiger charge is -2.35. The van der Waals surface area contributed by atoms with Crippen molar-refractivity contribution in [2.24, 2.45) is 0 Å². The number of hydrogen-bond acceptors (Lipinski definition) is 6. The number of esters is 2. The van der Waals surface area contributed by atoms with Gasteiger partial charge in [-0.3, -0.25) is 9.59 Å². The highest BCUT2D eigenvalue weighted by atomic mass is 16.5. The summed E-state index contributed by atoms with van der Waals surface area (Å²) in [6.07, 6.45) is 3.82. The number of nitrogens with one attached hydrogen (secondary N) is 1. The van der Waals surface area contributed by atoms with E-state index in [9.17, 15) is 14.4 Å². The van der Waals surface area contributed by atoms with E-state index >= 15 is 0 Å². The molecule has 0 saturated heterocycles. The number of amides is 1. The largest absolute Gasteiger partial charge is 0.491 e. The molecule has 2 rings (SSSR count). The van der Waals surface area contributed by atoms with Crippen LogP contribution < -0.4 is 10.1 Å². The Balaban J connectivity index is 1.86. The van der Waals surface area contributed by atoms with Crippen molar-refractivity contribution >= 4 is 17.8 Å². The van der Waals surface area contributed by atoms with E-state index in [1.54, 1.807) is 18.2 Å². The van der Waals surface area contributed by atoms with Gasteiger partial charge in [0.25, 0.3) is 5.91 Å². The van der Waals surface area contributed by atoms with E-state index < -0.39 is 30.0 Å². The third kappa shape index (κ3) is 6.25. The van der Waals surface area contributed by atoms with Gasteiger partial charge in [0.1, 0.15) is 11.3 Å². The first-order valence-electron chi connectivity index (χ1n) is 9.65. The molecule has 28 heavy (non-hydrogen) atoms. The molecule has 154 valence electrons. The van der Waals surface area contributed by atoms with Crippen LogP contribution in [-0.2, 0) is 30.3 Å². The van der Waals surface area contributed by atoms with Crippen LogP contribution in [0, 0.1) is 0 Å². The molecule has 1 aromatic carbocycles. The highest BCUT2D eigenvalue weighted by Crippen LogP contribution is 2.29. The van der Waals surface area contributed by atoms with Gasteiger partial charge in [0.05, 0.1) is 19.6 Å². The van der Waals surface area contributed by atoms with Gasteiger partial charge >= 0.3 is 11.9 Å². The maximum atomic E-state index is 12.3. The minimum atomic E-state index is -1.01. The normalized spacial score (nSPS) is 15.6. The van der Waals surface area contributed by atoms with Crippen molar-refractivity contribution in [2.45, 2.75) is 64.0 Å². The lowest BCUT2D eigenvalue weighted by atomic mass is 9.81. The van der Waals surface area contributed by atoms with E-state index in [-0.39, 0.29) is 12.5 Å². The molecule has 0 atom stereocenters. The molecule has 1 saturated carbocycles. The SMILES string of the molecule is COC(=O)C1(NC(=O)COC(=O)Cc2cccc(OC(C)C)c2)CCCCC1. The van der Waals surface area contributed by atoms with Crippen LogP contribution in [0.1, 0.15) is 51.5 Å². The molecule has 0 aromatic heterocycles. The molecule has 1 aromatic rings. The third-order valence-corrected chi connectivity index (χ3v) is 4.64. The van der Waals surface area contributed by atoms with Crippen LogP contribution in [0.4, 0.5) is 0 Å². The first kappa shape index (κ1) is 21.7. The molecule has 7 nitrogen and oxygen atoms in total. The Labute approximate surface area is 165 Å². The number of benzene rings is 1. The van der Waals surface area contributed by atoms with Gasteiger partial charge in [0.2, 0.25) is 0 Å². The van der Waals surface area contributed by atoms with Gasteiger partial charge < -0.3 is 19.5 Å². The predicted molar refractivity (Wildman–Crippen MR) is 103 cm³/mol. The summed E-state index contributed by atoms with van der Waals surface area (Å²) in [5.74, 6) is -0.797. The van der Waals surface area contributed by atoms with E-state index in [4.69, 9.17) is 14.2 Å². The average molecular weight is 391 g/mol. The summed E-state index contributed by atoms with van der Waals surface area (Å²) in [6, 6.07) is 7.19. The van der Waals surface area contributed by atoms with Gasteiger partial charge in [-0.25, -0.2) is 4.79 Å². The summed E-state index contributed by atoms with van der Waals surface area (Å²) in [5.41, 5.74) is -0.277. The van der Waals surface area contributed by atoms with Crippen LogP contribution in [0.3, 0.4) is 0 Å². The van der Waals surface area contributed by atoms with Crippen LogP contribution in [0.5, 0.6) is 5.75 Å². The first-order valence-corrected chi connectivity index (χ1v) is 9.65. The molecule has 1 aliphatic rings. The highest BCUT2D eigenvalue weighted by molar-refractivity contribution is 5.89. The Morgan fingerprint density at radius 1 is 1.14 bits per heavy atom. The highest BCUT2D eigenvalue weighted by Gasteiger charge is 2.42. The second kappa shape index (κ2) is 10.1. The van der Waals surface area contributed by atoms with Crippen molar-refractivity contribution in [1.82, 2.24) is 5.32 Å². The van der Waals surface area contributed by atoms with Crippen molar-refractivity contribution in [3.63, 3.8) is 0 Å². The van der Waals surface area contributed by atoms with Gasteiger partial charge in [0, 0.05) is 0 Å². The topological polar surface area (TPSA) is 90.9 Å². The summed E-state index contributed by atoms with van der Waals surface area (Å²) in [6.45, 7) is 3.42. The van der Waals surface area contributed by atoms with Crippen molar-refractivity contribution in [3.8, 4) is 5.75 Å². The number of methoxy groups -OCH3 is 1. The van der Waals surface area contributed by atoms with E-state index in [0.29, 0.717) is 18.6 Å². The Bertz CT molecular complexity index is 694. The average Bonchev–Trinajstić information content (AvgIpc) is 2.66. The van der Waals surface area contributed by atoms with Crippen LogP contribution in [0.15, 0.2) is 24.3 Å². The summed E-state index contributed by atoms with van der Waals surface area (Å²) in [5, 5.41) is 2.72. The molecule has 1 aliphatic carbocycles. The van der Waals surface area contributed by atoms with Crippen molar-refractivity contribution in [1.29, 1.82) is 0 Å². The first-order chi connectivity index (χ1) is 13.3. The quantitative estimate of drug-likeness (QED) is 0.685. The molecule has 1 amide bonds. The van der Waals surface area contributed by atoms with E-state index in [2.05, 4.69) is 5.32 Å². The Hall–Kier alpha value is -2.57. The van der Waals surface area contributed by atoms with E-state index in [1.165, 1.54) is 7.11 Å². The zero-order valence-corrected chi connectivity index (χ0v) is 16.8. The molecule has 0 spiro atoms. The molecule has 1 N–H and O–H groups in total. The summed E-state index contributed by atoms with van der Waals surface area (Å²) < 4.78 is 15.6. The minimum absolute atomic E-state index is 0.0325. The molecule has 0 heterocycles. The van der Waals surface area contributed by atoms with E-state index in [0.717, 1.165) is 24.8 Å². The van der Waals surface area contributed by atoms with Gasteiger partial charge in [-0.2, -0.15) is 0 Å². The van der Waals surface area contributed by atoms with Gasteiger partial charge in [-0.05, 0) is 44.4 Å². The number of carbonyl (C=O) groups is 3. The van der Waals surface area contributed by atoms with Crippen molar-refractivity contribution < 1.29 is 28.6 Å². The number of carbonyl (C=O) groups excluding carboxylic acids is 3. The van der Waals surface area contributed by atoms with Crippen molar-refractivity contribution in [3.05, 3.63) is 29.8 Å². The molecule has 0 unspecified atom stereocenters. The fourth-order valence-corrected chi connectivity index (χ4v) is 3.40. The lowest BCUT2D eigenvalue weighted by Crippen LogP contribution is -2.57. The summed E-state index contributed by atoms with van der Waals surface area (Å²) >= 11 is 0. The Morgan fingerprint density at radius 3 is 2.50 bits per heavy atom. The number of hydrogen-bond donors (Lipinski definition) is 1. The standard InChI is InChI=1S/C21H29NO6/c1-15(2)28-17-9-7-8-16(12-17)13-19(24)27-14-18(23)22-21(20(25)26-3)10-5-4-6-11-21/h7-9,12,15H,4-6,10-11,13-14H2,1-3H3,(H,22,23). The van der Waals surface area contributed by atoms with Crippen LogP contribution in [0.2, 0.25) is 0 Å². The summed E-state index contributed by atoms with van der Waals surface area (Å²) in [7, 11) is 1.31. The van der Waals surface area contributed by atoms with Gasteiger partial charge in [-0.15, -0.1) is 0 Å². The molecule has 0 bridgehead atoms. The van der Waals surface area contributed by atoms with Crippen molar-refractivity contribution in [2.75, 3.05) is 13.7 Å². The van der Waals surface area contributed by atoms with Gasteiger partial charge in [0.15, 0.2) is 6.61 Å². The Morgan fingerprint density at radius 2 is 1.86 bits per heavy atom.